The molecule has 0 bridgehead atoms. The van der Waals surface area contributed by atoms with E-state index >= 15 is 0 Å². The van der Waals surface area contributed by atoms with Gasteiger partial charge in [-0.15, -0.1) is 0 Å². The molecule has 1 aliphatic heterocycles. The highest BCUT2D eigenvalue weighted by molar-refractivity contribution is 7.22. The lowest BCUT2D eigenvalue weighted by atomic mass is 10.2. The molecule has 1 aliphatic rings. The van der Waals surface area contributed by atoms with Crippen molar-refractivity contribution in [3.8, 4) is 5.75 Å². The maximum atomic E-state index is 5.26. The van der Waals surface area contributed by atoms with E-state index in [2.05, 4.69) is 34.2 Å². The minimum atomic E-state index is 0.533. The Hall–Kier alpha value is -1.37. The highest BCUT2D eigenvalue weighted by Gasteiger charge is 2.22. The van der Waals surface area contributed by atoms with Crippen molar-refractivity contribution in [1.29, 1.82) is 0 Å². The van der Waals surface area contributed by atoms with Crippen LogP contribution in [-0.2, 0) is 0 Å². The van der Waals surface area contributed by atoms with Gasteiger partial charge in [-0.3, -0.25) is 4.90 Å². The van der Waals surface area contributed by atoms with Gasteiger partial charge in [0.2, 0.25) is 0 Å². The first kappa shape index (κ1) is 14.6. The van der Waals surface area contributed by atoms with Gasteiger partial charge in [-0.05, 0) is 32.3 Å². The largest absolute Gasteiger partial charge is 0.497 e. The minimum Gasteiger partial charge on any atom is -0.497 e. The molecule has 1 fully saturated rings. The number of piperazine rings is 1. The average Bonchev–Trinajstić information content (AvgIpc) is 2.89. The Labute approximate surface area is 129 Å². The summed E-state index contributed by atoms with van der Waals surface area (Å²) in [5.41, 5.74) is 1.03. The Morgan fingerprint density at radius 2 is 2.24 bits per heavy atom. The first-order valence-corrected chi connectivity index (χ1v) is 8.04. The van der Waals surface area contributed by atoms with Gasteiger partial charge in [0.15, 0.2) is 5.13 Å². The SMILES string of the molecule is COc1ccc2nc(NCC3CN(C)CCN3C)sc2c1. The van der Waals surface area contributed by atoms with Crippen molar-refractivity contribution in [2.24, 2.45) is 0 Å². The molecule has 1 aromatic carbocycles. The van der Waals surface area contributed by atoms with Gasteiger partial charge in [-0.2, -0.15) is 0 Å². The van der Waals surface area contributed by atoms with E-state index in [4.69, 9.17) is 4.74 Å². The van der Waals surface area contributed by atoms with Crippen molar-refractivity contribution in [2.45, 2.75) is 6.04 Å². The normalized spacial score (nSPS) is 20.8. The smallest absolute Gasteiger partial charge is 0.183 e. The monoisotopic (exact) mass is 306 g/mol. The average molecular weight is 306 g/mol. The van der Waals surface area contributed by atoms with E-state index < -0.39 is 0 Å². The summed E-state index contributed by atoms with van der Waals surface area (Å²) in [5.74, 6) is 0.881. The Balaban J connectivity index is 1.67. The summed E-state index contributed by atoms with van der Waals surface area (Å²) in [6.07, 6.45) is 0. The van der Waals surface area contributed by atoms with Crippen LogP contribution in [-0.4, -0.2) is 68.2 Å². The number of benzene rings is 1. The summed E-state index contributed by atoms with van der Waals surface area (Å²) in [4.78, 5) is 9.44. The van der Waals surface area contributed by atoms with E-state index in [0.29, 0.717) is 6.04 Å². The number of fused-ring (bicyclic) bond motifs is 1. The second kappa shape index (κ2) is 6.17. The van der Waals surface area contributed by atoms with Crippen LogP contribution in [0.3, 0.4) is 0 Å². The second-order valence-corrected chi connectivity index (χ2v) is 6.66. The fourth-order valence-corrected chi connectivity index (χ4v) is 3.54. The minimum absolute atomic E-state index is 0.533. The third kappa shape index (κ3) is 3.28. The van der Waals surface area contributed by atoms with Crippen LogP contribution in [0.2, 0.25) is 0 Å². The summed E-state index contributed by atoms with van der Waals surface area (Å²) in [6.45, 7) is 4.30. The molecule has 2 aromatic rings. The lowest BCUT2D eigenvalue weighted by molar-refractivity contribution is 0.122. The molecule has 1 atom stereocenters. The molecule has 1 unspecified atom stereocenters. The van der Waals surface area contributed by atoms with Gasteiger partial charge in [0.05, 0.1) is 17.3 Å². The third-order valence-electron chi connectivity index (χ3n) is 4.06. The fourth-order valence-electron chi connectivity index (χ4n) is 2.63. The van der Waals surface area contributed by atoms with E-state index in [1.54, 1.807) is 18.4 Å². The highest BCUT2D eigenvalue weighted by atomic mass is 32.1. The van der Waals surface area contributed by atoms with E-state index in [-0.39, 0.29) is 0 Å². The second-order valence-electron chi connectivity index (χ2n) is 5.63. The van der Waals surface area contributed by atoms with Gasteiger partial charge < -0.3 is 15.0 Å². The summed E-state index contributed by atoms with van der Waals surface area (Å²) in [6, 6.07) is 6.54. The molecule has 3 rings (SSSR count). The molecule has 114 valence electrons. The molecule has 0 aliphatic carbocycles. The van der Waals surface area contributed by atoms with Crippen molar-refractivity contribution in [3.05, 3.63) is 18.2 Å². The number of likely N-dealkylation sites (N-methyl/N-ethyl adjacent to an activating group) is 2. The quantitative estimate of drug-likeness (QED) is 0.935. The summed E-state index contributed by atoms with van der Waals surface area (Å²) in [5, 5.41) is 4.48. The lowest BCUT2D eigenvalue weighted by Crippen LogP contribution is -2.52. The number of rotatable bonds is 4. The molecule has 1 N–H and O–H groups in total. The maximum Gasteiger partial charge on any atom is 0.183 e. The molecule has 0 spiro atoms. The van der Waals surface area contributed by atoms with Crippen LogP contribution in [0.15, 0.2) is 18.2 Å². The van der Waals surface area contributed by atoms with Crippen LogP contribution in [0.1, 0.15) is 0 Å². The molecule has 0 amide bonds. The lowest BCUT2D eigenvalue weighted by Gasteiger charge is -2.37. The Kier molecular flexibility index (Phi) is 4.28. The van der Waals surface area contributed by atoms with E-state index in [1.807, 2.05) is 18.2 Å². The predicted octanol–water partition coefficient (Wildman–Crippen LogP) is 1.96. The van der Waals surface area contributed by atoms with Crippen molar-refractivity contribution >= 4 is 26.7 Å². The first-order valence-electron chi connectivity index (χ1n) is 7.23. The maximum absolute atomic E-state index is 5.26. The van der Waals surface area contributed by atoms with Gasteiger partial charge in [0, 0.05) is 32.2 Å². The van der Waals surface area contributed by atoms with Crippen molar-refractivity contribution in [2.75, 3.05) is 52.7 Å². The zero-order chi connectivity index (χ0) is 14.8. The zero-order valence-corrected chi connectivity index (χ0v) is 13.6. The summed E-state index contributed by atoms with van der Waals surface area (Å²) < 4.78 is 6.42. The number of ether oxygens (including phenoxy) is 1. The van der Waals surface area contributed by atoms with Crippen LogP contribution >= 0.6 is 11.3 Å². The Morgan fingerprint density at radius 1 is 1.38 bits per heavy atom. The standard InChI is InChI=1S/C15H22N4OS/c1-18-6-7-19(2)11(10-18)9-16-15-17-13-5-4-12(20-3)8-14(13)21-15/h4-5,8,11H,6-7,9-10H2,1-3H3,(H,16,17). The van der Waals surface area contributed by atoms with Crippen molar-refractivity contribution < 1.29 is 4.74 Å². The van der Waals surface area contributed by atoms with E-state index in [9.17, 15) is 0 Å². The molecule has 21 heavy (non-hydrogen) atoms. The van der Waals surface area contributed by atoms with Crippen molar-refractivity contribution in [3.63, 3.8) is 0 Å². The number of nitrogens with one attached hydrogen (secondary N) is 1. The van der Waals surface area contributed by atoms with Gasteiger partial charge in [0.25, 0.3) is 0 Å². The third-order valence-corrected chi connectivity index (χ3v) is 5.04. The molecule has 6 heteroatoms. The van der Waals surface area contributed by atoms with Crippen LogP contribution in [0, 0.1) is 0 Å². The Morgan fingerprint density at radius 3 is 3.05 bits per heavy atom. The predicted molar refractivity (Wildman–Crippen MR) is 88.6 cm³/mol. The molecule has 0 radical (unpaired) electrons. The summed E-state index contributed by atoms with van der Waals surface area (Å²) in [7, 11) is 6.07. The topological polar surface area (TPSA) is 40.6 Å². The number of aromatic nitrogens is 1. The number of methoxy groups -OCH3 is 1. The van der Waals surface area contributed by atoms with Crippen LogP contribution in [0.4, 0.5) is 5.13 Å². The number of hydrogen-bond acceptors (Lipinski definition) is 6. The van der Waals surface area contributed by atoms with E-state index in [0.717, 1.165) is 47.3 Å². The number of thiazole rings is 1. The number of hydrogen-bond donors (Lipinski definition) is 1. The van der Waals surface area contributed by atoms with Crippen LogP contribution in [0.5, 0.6) is 5.75 Å². The molecule has 2 heterocycles. The highest BCUT2D eigenvalue weighted by Crippen LogP contribution is 2.29. The zero-order valence-electron chi connectivity index (χ0n) is 12.8. The van der Waals surface area contributed by atoms with Gasteiger partial charge in [0.1, 0.15) is 5.75 Å². The van der Waals surface area contributed by atoms with Crippen LogP contribution in [0.25, 0.3) is 10.2 Å². The first-order chi connectivity index (χ1) is 10.2. The number of anilines is 1. The fraction of sp³-hybridized carbons (Fsp3) is 0.533. The van der Waals surface area contributed by atoms with Gasteiger partial charge in [-0.1, -0.05) is 11.3 Å². The molecule has 1 saturated heterocycles. The molecule has 5 nitrogen and oxygen atoms in total. The molecular formula is C15H22N4OS. The summed E-state index contributed by atoms with van der Waals surface area (Å²) >= 11 is 1.68. The number of nitrogens with zero attached hydrogens (tertiary/aromatic N) is 3. The van der Waals surface area contributed by atoms with Crippen molar-refractivity contribution in [1.82, 2.24) is 14.8 Å². The van der Waals surface area contributed by atoms with Gasteiger partial charge in [-0.25, -0.2) is 4.98 Å². The van der Waals surface area contributed by atoms with E-state index in [1.165, 1.54) is 0 Å². The molecular weight excluding hydrogens is 284 g/mol. The molecule has 1 aromatic heterocycles. The molecule has 0 saturated carbocycles. The Bertz CT molecular complexity index is 615. The van der Waals surface area contributed by atoms with Crippen LogP contribution < -0.4 is 10.1 Å². The van der Waals surface area contributed by atoms with Gasteiger partial charge >= 0.3 is 0 Å².